The third kappa shape index (κ3) is 3.20. The average Bonchev–Trinajstić information content (AvgIpc) is 3.32. The van der Waals surface area contributed by atoms with Gasteiger partial charge in [0.05, 0.1) is 5.60 Å². The van der Waals surface area contributed by atoms with Crippen LogP contribution in [0.1, 0.15) is 79.6 Å². The molecular weight excluding hydrogens is 526 g/mol. The average molecular weight is 574 g/mol. The van der Waals surface area contributed by atoms with Gasteiger partial charge in [-0.3, -0.25) is 4.90 Å². The third-order valence-electron chi connectivity index (χ3n) is 13.8. The maximum Gasteiger partial charge on any atom is 0.339 e. The highest BCUT2D eigenvalue weighted by Gasteiger charge is 2.84. The van der Waals surface area contributed by atoms with Crippen LogP contribution in [0.15, 0.2) is 11.6 Å². The Balaban J connectivity index is 1.37. The van der Waals surface area contributed by atoms with Gasteiger partial charge in [0, 0.05) is 47.9 Å². The van der Waals surface area contributed by atoms with Crippen molar-refractivity contribution in [2.24, 2.45) is 40.9 Å². The number of allylic oxidation sites excluding steroid dienone is 1. The molecule has 0 aromatic heterocycles. The molecule has 9 nitrogen and oxygen atoms in total. The van der Waals surface area contributed by atoms with Gasteiger partial charge in [-0.05, 0) is 83.5 Å². The minimum Gasteiger partial charge on any atom is -0.456 e. The summed E-state index contributed by atoms with van der Waals surface area (Å²) in [6.45, 7) is 11.0. The lowest BCUT2D eigenvalue weighted by Crippen LogP contribution is -2.77. The van der Waals surface area contributed by atoms with Crippen molar-refractivity contribution in [2.45, 2.75) is 120 Å². The van der Waals surface area contributed by atoms with Crippen LogP contribution in [-0.2, 0) is 19.1 Å². The number of esters is 2. The quantitative estimate of drug-likeness (QED) is 0.289. The fourth-order valence-electron chi connectivity index (χ4n) is 11.8. The van der Waals surface area contributed by atoms with Crippen LogP contribution in [0.4, 0.5) is 0 Å². The summed E-state index contributed by atoms with van der Waals surface area (Å²) >= 11 is 0. The molecule has 3 heterocycles. The Bertz CT molecular complexity index is 1200. The van der Waals surface area contributed by atoms with E-state index < -0.39 is 69.7 Å². The number of hydrogen-bond donors (Lipinski definition) is 4. The normalized spacial score (nSPS) is 57.6. The summed E-state index contributed by atoms with van der Waals surface area (Å²) < 4.78 is 12.4. The Morgan fingerprint density at radius 1 is 1.07 bits per heavy atom. The molecule has 0 amide bonds. The lowest BCUT2D eigenvalue weighted by molar-refractivity contribution is -0.295. The fourth-order valence-corrected chi connectivity index (χ4v) is 11.8. The Kier molecular flexibility index (Phi) is 5.90. The van der Waals surface area contributed by atoms with Crippen LogP contribution in [0.25, 0.3) is 0 Å². The molecule has 41 heavy (non-hydrogen) atoms. The summed E-state index contributed by atoms with van der Waals surface area (Å²) in [6, 6.07) is -0.150. The number of rotatable bonds is 2. The molecule has 9 heteroatoms. The molecule has 0 aromatic carbocycles. The van der Waals surface area contributed by atoms with E-state index in [4.69, 9.17) is 9.47 Å². The number of aliphatic hydroxyl groups is 4. The van der Waals surface area contributed by atoms with Crippen LogP contribution < -0.4 is 0 Å². The zero-order chi connectivity index (χ0) is 29.5. The summed E-state index contributed by atoms with van der Waals surface area (Å²) in [6.07, 6.45) is 3.20. The van der Waals surface area contributed by atoms with E-state index in [2.05, 4.69) is 18.7 Å². The summed E-state index contributed by atoms with van der Waals surface area (Å²) in [4.78, 5) is 29.0. The molecule has 4 aliphatic carbocycles. The van der Waals surface area contributed by atoms with Crippen molar-refractivity contribution in [3.63, 3.8) is 0 Å². The molecule has 4 bridgehead atoms. The lowest BCUT2D eigenvalue weighted by atomic mass is 9.50. The molecule has 3 aliphatic heterocycles. The highest BCUT2D eigenvalue weighted by Crippen LogP contribution is 2.75. The van der Waals surface area contributed by atoms with Crippen LogP contribution >= 0.6 is 0 Å². The SMILES string of the molecule is C/C=C(/C)C(=O)O[C@H]1C(O)[C@]2(O)[C@@H](C[C@]34OC(=O)[C@@]5(O)CC[C@@]3(C)[C@@H]5CC[C@@H]24)[C@@H]2CN3C[C@@H](C)CC[C@H]3[C@@](C)(O)[C@H]21. The zero-order valence-corrected chi connectivity index (χ0v) is 25.0. The van der Waals surface area contributed by atoms with Crippen molar-refractivity contribution in [2.75, 3.05) is 13.1 Å². The molecular formula is C32H47NO8. The van der Waals surface area contributed by atoms with E-state index in [1.54, 1.807) is 19.9 Å². The fraction of sp³-hybridized carbons (Fsp3) is 0.875. The van der Waals surface area contributed by atoms with Crippen molar-refractivity contribution in [3.05, 3.63) is 11.6 Å². The molecule has 3 saturated heterocycles. The van der Waals surface area contributed by atoms with Crippen molar-refractivity contribution in [1.29, 1.82) is 0 Å². The van der Waals surface area contributed by atoms with Gasteiger partial charge in [-0.15, -0.1) is 0 Å². The number of piperidine rings is 2. The molecule has 0 radical (unpaired) electrons. The van der Waals surface area contributed by atoms with Crippen LogP contribution in [-0.4, -0.2) is 91.0 Å². The summed E-state index contributed by atoms with van der Waals surface area (Å²) in [5, 5.41) is 48.9. The van der Waals surface area contributed by atoms with Gasteiger partial charge in [0.1, 0.15) is 23.4 Å². The van der Waals surface area contributed by atoms with Gasteiger partial charge < -0.3 is 29.9 Å². The first-order valence-corrected chi connectivity index (χ1v) is 15.8. The smallest absolute Gasteiger partial charge is 0.339 e. The number of aliphatic hydroxyl groups excluding tert-OH is 1. The first kappa shape index (κ1) is 28.3. The van der Waals surface area contributed by atoms with Gasteiger partial charge in [-0.25, -0.2) is 9.59 Å². The van der Waals surface area contributed by atoms with E-state index in [9.17, 15) is 30.0 Å². The predicted molar refractivity (Wildman–Crippen MR) is 147 cm³/mol. The number of fused-ring (bicyclic) bond motifs is 5. The van der Waals surface area contributed by atoms with Crippen molar-refractivity contribution in [3.8, 4) is 0 Å². The van der Waals surface area contributed by atoms with E-state index in [-0.39, 0.29) is 17.9 Å². The first-order chi connectivity index (χ1) is 19.2. The number of carbonyl (C=O) groups excluding carboxylic acids is 2. The van der Waals surface area contributed by atoms with Gasteiger partial charge in [-0.1, -0.05) is 19.9 Å². The van der Waals surface area contributed by atoms with E-state index in [0.717, 1.165) is 19.4 Å². The Morgan fingerprint density at radius 2 is 1.78 bits per heavy atom. The number of ether oxygens (including phenoxy) is 2. The van der Waals surface area contributed by atoms with E-state index in [1.165, 1.54) is 0 Å². The van der Waals surface area contributed by atoms with Gasteiger partial charge >= 0.3 is 11.9 Å². The van der Waals surface area contributed by atoms with Crippen LogP contribution in [0.3, 0.4) is 0 Å². The second kappa shape index (κ2) is 8.56. The van der Waals surface area contributed by atoms with Crippen LogP contribution in [0.5, 0.6) is 0 Å². The Morgan fingerprint density at radius 3 is 2.49 bits per heavy atom. The topological polar surface area (TPSA) is 137 Å². The Hall–Kier alpha value is -1.52. The van der Waals surface area contributed by atoms with Crippen molar-refractivity contribution in [1.82, 2.24) is 4.90 Å². The number of nitrogens with zero attached hydrogens (tertiary/aromatic N) is 1. The van der Waals surface area contributed by atoms with Crippen molar-refractivity contribution >= 4 is 11.9 Å². The second-order valence-corrected chi connectivity index (χ2v) is 15.4. The maximum atomic E-state index is 13.4. The monoisotopic (exact) mass is 573 g/mol. The first-order valence-electron chi connectivity index (χ1n) is 15.8. The molecule has 7 aliphatic rings. The van der Waals surface area contributed by atoms with Gasteiger partial charge in [0.2, 0.25) is 0 Å². The predicted octanol–water partition coefficient (Wildman–Crippen LogP) is 1.94. The summed E-state index contributed by atoms with van der Waals surface area (Å²) in [7, 11) is 0. The minimum atomic E-state index is -1.69. The lowest BCUT2D eigenvalue weighted by Gasteiger charge is -2.64. The number of carbonyl (C=O) groups is 2. The maximum absolute atomic E-state index is 13.4. The van der Waals surface area contributed by atoms with Gasteiger partial charge in [0.15, 0.2) is 5.60 Å². The van der Waals surface area contributed by atoms with Crippen LogP contribution in [0, 0.1) is 40.9 Å². The standard InChI is InChI=1S/C32H47NO8/c1-6-17(3)26(35)40-24-23-18(15-33-14-16(2)7-10-22(33)29(23,5)37)19-13-31-21(32(19,39)25(24)34)9-8-20-28(31,4)11-12-30(20,38)27(36)41-31/h6,16,18-25,34,37-39H,7-15H2,1-5H3/b17-6-/t16-,18-,19-,20-,21+,22-,23+,24+,25?,28-,29+,30+,31+,32-/m0/s1. The molecule has 14 atom stereocenters. The molecule has 228 valence electrons. The van der Waals surface area contributed by atoms with Gasteiger partial charge in [0.25, 0.3) is 0 Å². The summed E-state index contributed by atoms with van der Waals surface area (Å²) in [5.74, 6) is -2.93. The highest BCUT2D eigenvalue weighted by atomic mass is 16.6. The molecule has 4 N–H and O–H groups in total. The molecule has 7 rings (SSSR count). The van der Waals surface area contributed by atoms with Crippen LogP contribution in [0.2, 0.25) is 0 Å². The largest absolute Gasteiger partial charge is 0.456 e. The molecule has 1 unspecified atom stereocenters. The van der Waals surface area contributed by atoms with Crippen molar-refractivity contribution < 1.29 is 39.5 Å². The van der Waals surface area contributed by atoms with E-state index in [0.29, 0.717) is 50.1 Å². The second-order valence-electron chi connectivity index (χ2n) is 15.4. The highest BCUT2D eigenvalue weighted by molar-refractivity contribution is 5.87. The number of hydrogen-bond acceptors (Lipinski definition) is 9. The molecule has 4 saturated carbocycles. The minimum absolute atomic E-state index is 0.150. The third-order valence-corrected chi connectivity index (χ3v) is 13.8. The molecule has 0 aromatic rings. The molecule has 1 spiro atoms. The summed E-state index contributed by atoms with van der Waals surface area (Å²) in [5.41, 5.74) is -5.67. The van der Waals surface area contributed by atoms with Gasteiger partial charge in [-0.2, -0.15) is 0 Å². The van der Waals surface area contributed by atoms with E-state index >= 15 is 0 Å². The molecule has 7 fully saturated rings. The zero-order valence-electron chi connectivity index (χ0n) is 25.0. The van der Waals surface area contributed by atoms with E-state index in [1.807, 2.05) is 6.92 Å². The Labute approximate surface area is 242 Å².